The lowest BCUT2D eigenvalue weighted by molar-refractivity contribution is -0.120. The van der Waals surface area contributed by atoms with Gasteiger partial charge >= 0.3 is 0 Å². The molecule has 2 aliphatic heterocycles. The van der Waals surface area contributed by atoms with Crippen molar-refractivity contribution in [1.82, 2.24) is 0 Å². The Balaban J connectivity index is 1.57. The summed E-state index contributed by atoms with van der Waals surface area (Å²) in [5.41, 5.74) is 2.21. The highest BCUT2D eigenvalue weighted by Gasteiger charge is 2.21. The van der Waals surface area contributed by atoms with Crippen molar-refractivity contribution in [2.45, 2.75) is 32.1 Å². The van der Waals surface area contributed by atoms with Gasteiger partial charge < -0.3 is 10.2 Å². The van der Waals surface area contributed by atoms with Crippen LogP contribution in [0, 0.1) is 5.92 Å². The van der Waals surface area contributed by atoms with E-state index in [1.54, 1.807) is 0 Å². The SMILES string of the molecule is O=C(Nc1ccc(N2CCCCC2)cc1)C1CCSCC1. The molecule has 0 aliphatic carbocycles. The van der Waals surface area contributed by atoms with E-state index in [4.69, 9.17) is 0 Å². The molecule has 0 bridgehead atoms. The Hall–Kier alpha value is -1.16. The molecule has 0 saturated carbocycles. The maximum absolute atomic E-state index is 12.2. The second kappa shape index (κ2) is 7.21. The summed E-state index contributed by atoms with van der Waals surface area (Å²) in [5.74, 6) is 2.63. The van der Waals surface area contributed by atoms with Crippen LogP contribution in [0.25, 0.3) is 0 Å². The first-order valence-electron chi connectivity index (χ1n) is 8.06. The molecule has 2 saturated heterocycles. The molecule has 21 heavy (non-hydrogen) atoms. The van der Waals surface area contributed by atoms with E-state index in [0.717, 1.165) is 43.1 Å². The van der Waals surface area contributed by atoms with Crippen molar-refractivity contribution in [3.05, 3.63) is 24.3 Å². The van der Waals surface area contributed by atoms with Crippen LogP contribution in [-0.4, -0.2) is 30.5 Å². The molecule has 4 heteroatoms. The topological polar surface area (TPSA) is 32.3 Å². The molecule has 2 fully saturated rings. The van der Waals surface area contributed by atoms with Crippen LogP contribution in [0.15, 0.2) is 24.3 Å². The lowest BCUT2D eigenvalue weighted by Gasteiger charge is -2.29. The van der Waals surface area contributed by atoms with Crippen LogP contribution in [0.1, 0.15) is 32.1 Å². The molecule has 3 rings (SSSR count). The minimum absolute atomic E-state index is 0.195. The second-order valence-electron chi connectivity index (χ2n) is 5.97. The maximum atomic E-state index is 12.2. The lowest BCUT2D eigenvalue weighted by Crippen LogP contribution is -2.29. The molecule has 0 spiro atoms. The monoisotopic (exact) mass is 304 g/mol. The molecule has 0 radical (unpaired) electrons. The number of thioether (sulfide) groups is 1. The van der Waals surface area contributed by atoms with Crippen molar-refractivity contribution in [1.29, 1.82) is 0 Å². The predicted molar refractivity (Wildman–Crippen MR) is 91.2 cm³/mol. The Kier molecular flexibility index (Phi) is 5.07. The first kappa shape index (κ1) is 14.8. The van der Waals surface area contributed by atoms with Gasteiger partial charge in [-0.1, -0.05) is 0 Å². The molecule has 2 heterocycles. The fraction of sp³-hybridized carbons (Fsp3) is 0.588. The van der Waals surface area contributed by atoms with Gasteiger partial charge in [-0.25, -0.2) is 0 Å². The van der Waals surface area contributed by atoms with Gasteiger partial charge in [0, 0.05) is 30.4 Å². The number of hydrogen-bond donors (Lipinski definition) is 1. The van der Waals surface area contributed by atoms with Crippen molar-refractivity contribution in [2.24, 2.45) is 5.92 Å². The molecule has 1 aromatic rings. The molecule has 0 atom stereocenters. The third-order valence-corrected chi connectivity index (χ3v) is 5.50. The Morgan fingerprint density at radius 1 is 1.05 bits per heavy atom. The minimum atomic E-state index is 0.195. The minimum Gasteiger partial charge on any atom is -0.372 e. The number of anilines is 2. The van der Waals surface area contributed by atoms with Crippen molar-refractivity contribution >= 4 is 29.0 Å². The Labute approximate surface area is 131 Å². The third kappa shape index (κ3) is 3.94. The largest absolute Gasteiger partial charge is 0.372 e. The van der Waals surface area contributed by atoms with Crippen molar-refractivity contribution in [3.8, 4) is 0 Å². The van der Waals surface area contributed by atoms with E-state index in [1.807, 2.05) is 23.9 Å². The van der Waals surface area contributed by atoms with Crippen LogP contribution in [0.3, 0.4) is 0 Å². The zero-order valence-corrected chi connectivity index (χ0v) is 13.3. The van der Waals surface area contributed by atoms with E-state index in [9.17, 15) is 4.79 Å². The highest BCUT2D eigenvalue weighted by molar-refractivity contribution is 7.99. The molecule has 2 aliphatic rings. The summed E-state index contributed by atoms with van der Waals surface area (Å²) < 4.78 is 0. The van der Waals surface area contributed by atoms with Gasteiger partial charge in [0.15, 0.2) is 0 Å². The Morgan fingerprint density at radius 3 is 2.38 bits per heavy atom. The molecular weight excluding hydrogens is 280 g/mol. The van der Waals surface area contributed by atoms with Gasteiger partial charge in [0.25, 0.3) is 0 Å². The van der Waals surface area contributed by atoms with Gasteiger partial charge in [-0.05, 0) is 67.9 Å². The van der Waals surface area contributed by atoms with Crippen LogP contribution in [-0.2, 0) is 4.79 Å². The van der Waals surface area contributed by atoms with Crippen LogP contribution in [0.4, 0.5) is 11.4 Å². The average Bonchev–Trinajstić information content (AvgIpc) is 2.57. The van der Waals surface area contributed by atoms with E-state index in [-0.39, 0.29) is 11.8 Å². The van der Waals surface area contributed by atoms with Gasteiger partial charge in [0.2, 0.25) is 5.91 Å². The zero-order valence-electron chi connectivity index (χ0n) is 12.5. The Bertz CT molecular complexity index is 462. The van der Waals surface area contributed by atoms with E-state index in [2.05, 4.69) is 22.3 Å². The predicted octanol–water partition coefficient (Wildman–Crippen LogP) is 3.76. The summed E-state index contributed by atoms with van der Waals surface area (Å²) in [6, 6.07) is 8.36. The summed E-state index contributed by atoms with van der Waals surface area (Å²) in [7, 11) is 0. The fourth-order valence-electron chi connectivity index (χ4n) is 3.11. The average molecular weight is 304 g/mol. The molecular formula is C17H24N2OS. The summed E-state index contributed by atoms with van der Waals surface area (Å²) in [4.78, 5) is 14.7. The van der Waals surface area contributed by atoms with Crippen molar-refractivity contribution in [2.75, 3.05) is 34.8 Å². The zero-order chi connectivity index (χ0) is 14.5. The summed E-state index contributed by atoms with van der Waals surface area (Å²) >= 11 is 1.95. The summed E-state index contributed by atoms with van der Waals surface area (Å²) in [5, 5.41) is 3.08. The number of nitrogens with one attached hydrogen (secondary N) is 1. The number of piperidine rings is 1. The normalized spacial score (nSPS) is 20.3. The number of carbonyl (C=O) groups excluding carboxylic acids is 1. The van der Waals surface area contributed by atoms with Crippen LogP contribution in [0.2, 0.25) is 0 Å². The van der Waals surface area contributed by atoms with E-state index in [0.29, 0.717) is 0 Å². The molecule has 0 unspecified atom stereocenters. The first-order chi connectivity index (χ1) is 10.3. The van der Waals surface area contributed by atoms with Crippen LogP contribution >= 0.6 is 11.8 Å². The number of hydrogen-bond acceptors (Lipinski definition) is 3. The molecule has 114 valence electrons. The van der Waals surface area contributed by atoms with E-state index < -0.39 is 0 Å². The highest BCUT2D eigenvalue weighted by atomic mass is 32.2. The van der Waals surface area contributed by atoms with Crippen LogP contribution in [0.5, 0.6) is 0 Å². The number of amides is 1. The summed E-state index contributed by atoms with van der Waals surface area (Å²) in [6.07, 6.45) is 5.96. The number of nitrogens with zero attached hydrogens (tertiary/aromatic N) is 1. The van der Waals surface area contributed by atoms with Gasteiger partial charge in [0.1, 0.15) is 0 Å². The lowest BCUT2D eigenvalue weighted by atomic mass is 10.0. The summed E-state index contributed by atoms with van der Waals surface area (Å²) in [6.45, 7) is 2.32. The molecule has 1 aromatic carbocycles. The van der Waals surface area contributed by atoms with Gasteiger partial charge in [-0.2, -0.15) is 11.8 Å². The quantitative estimate of drug-likeness (QED) is 0.923. The number of benzene rings is 1. The van der Waals surface area contributed by atoms with Crippen molar-refractivity contribution < 1.29 is 4.79 Å². The van der Waals surface area contributed by atoms with Gasteiger partial charge in [0.05, 0.1) is 0 Å². The van der Waals surface area contributed by atoms with E-state index >= 15 is 0 Å². The van der Waals surface area contributed by atoms with Gasteiger partial charge in [-0.15, -0.1) is 0 Å². The van der Waals surface area contributed by atoms with Crippen molar-refractivity contribution in [3.63, 3.8) is 0 Å². The maximum Gasteiger partial charge on any atom is 0.227 e. The van der Waals surface area contributed by atoms with Gasteiger partial charge in [-0.3, -0.25) is 4.79 Å². The molecule has 1 N–H and O–H groups in total. The second-order valence-corrected chi connectivity index (χ2v) is 7.20. The van der Waals surface area contributed by atoms with E-state index in [1.165, 1.54) is 24.9 Å². The molecule has 1 amide bonds. The standard InChI is InChI=1S/C17H24N2OS/c20-17(14-8-12-21-13-9-14)18-15-4-6-16(7-5-15)19-10-2-1-3-11-19/h4-7,14H,1-3,8-13H2,(H,18,20). The molecule has 3 nitrogen and oxygen atoms in total. The first-order valence-corrected chi connectivity index (χ1v) is 9.22. The smallest absolute Gasteiger partial charge is 0.227 e. The Morgan fingerprint density at radius 2 is 1.71 bits per heavy atom. The fourth-order valence-corrected chi connectivity index (χ4v) is 4.22. The third-order valence-electron chi connectivity index (χ3n) is 4.45. The molecule has 0 aromatic heterocycles. The number of carbonyl (C=O) groups is 1. The van der Waals surface area contributed by atoms with Crippen LogP contribution < -0.4 is 10.2 Å². The number of rotatable bonds is 3. The highest BCUT2D eigenvalue weighted by Crippen LogP contribution is 2.25.